The third-order valence-corrected chi connectivity index (χ3v) is 3.84. The fraction of sp³-hybridized carbons (Fsp3) is 0.438. The van der Waals surface area contributed by atoms with Crippen LogP contribution in [0.2, 0.25) is 0 Å². The van der Waals surface area contributed by atoms with Gasteiger partial charge in [-0.05, 0) is 36.6 Å². The number of carboxylic acids is 1. The molecule has 0 aliphatic heterocycles. The number of hydrogen-bond donors (Lipinski definition) is 1. The Morgan fingerprint density at radius 1 is 1.21 bits per heavy atom. The number of anilines is 1. The van der Waals surface area contributed by atoms with Gasteiger partial charge in [0.2, 0.25) is 0 Å². The summed E-state index contributed by atoms with van der Waals surface area (Å²) >= 11 is 0. The van der Waals surface area contributed by atoms with Crippen LogP contribution < -0.4 is 4.90 Å². The smallest absolute Gasteiger partial charge is 0.328 e. The summed E-state index contributed by atoms with van der Waals surface area (Å²) in [6, 6.07) is 8.71. The largest absolute Gasteiger partial charge is 0.478 e. The van der Waals surface area contributed by atoms with Gasteiger partial charge in [0.15, 0.2) is 0 Å². The van der Waals surface area contributed by atoms with Gasteiger partial charge in [-0.3, -0.25) is 0 Å². The molecule has 102 valence electrons. The Morgan fingerprint density at radius 2 is 1.84 bits per heavy atom. The van der Waals surface area contributed by atoms with Crippen molar-refractivity contribution in [2.45, 2.75) is 38.1 Å². The topological polar surface area (TPSA) is 40.5 Å². The van der Waals surface area contributed by atoms with E-state index in [4.69, 9.17) is 5.11 Å². The second-order valence-corrected chi connectivity index (χ2v) is 5.17. The molecule has 0 saturated heterocycles. The van der Waals surface area contributed by atoms with Crippen molar-refractivity contribution in [3.8, 4) is 0 Å². The SMILES string of the molecule is CN(c1ccc(C=CC(=O)O)cc1)C1CCCCC1. The summed E-state index contributed by atoms with van der Waals surface area (Å²) in [6.45, 7) is 0. The van der Waals surface area contributed by atoms with Crippen molar-refractivity contribution in [3.63, 3.8) is 0 Å². The van der Waals surface area contributed by atoms with Crippen molar-refractivity contribution < 1.29 is 9.90 Å². The van der Waals surface area contributed by atoms with Gasteiger partial charge in [0, 0.05) is 24.9 Å². The minimum atomic E-state index is -0.914. The monoisotopic (exact) mass is 259 g/mol. The van der Waals surface area contributed by atoms with Gasteiger partial charge in [-0.1, -0.05) is 31.4 Å². The summed E-state index contributed by atoms with van der Waals surface area (Å²) < 4.78 is 0. The molecule has 0 spiro atoms. The maximum Gasteiger partial charge on any atom is 0.328 e. The number of aliphatic carboxylic acids is 1. The van der Waals surface area contributed by atoms with E-state index in [1.807, 2.05) is 12.1 Å². The Labute approximate surface area is 114 Å². The molecule has 19 heavy (non-hydrogen) atoms. The zero-order valence-corrected chi connectivity index (χ0v) is 11.4. The molecule has 2 rings (SSSR count). The second-order valence-electron chi connectivity index (χ2n) is 5.17. The lowest BCUT2D eigenvalue weighted by Crippen LogP contribution is -2.33. The van der Waals surface area contributed by atoms with Crippen LogP contribution in [-0.2, 0) is 4.79 Å². The number of rotatable bonds is 4. The molecule has 1 aromatic carbocycles. The molecule has 1 aliphatic carbocycles. The second kappa shape index (κ2) is 6.41. The van der Waals surface area contributed by atoms with Crippen molar-refractivity contribution in [3.05, 3.63) is 35.9 Å². The Morgan fingerprint density at radius 3 is 2.42 bits per heavy atom. The van der Waals surface area contributed by atoms with Crippen LogP contribution in [-0.4, -0.2) is 24.2 Å². The number of carboxylic acid groups (broad SMARTS) is 1. The van der Waals surface area contributed by atoms with E-state index in [-0.39, 0.29) is 0 Å². The molecule has 0 atom stereocenters. The fourth-order valence-corrected chi connectivity index (χ4v) is 2.67. The molecule has 0 amide bonds. The predicted octanol–water partition coefficient (Wildman–Crippen LogP) is 3.55. The molecule has 0 unspecified atom stereocenters. The summed E-state index contributed by atoms with van der Waals surface area (Å²) in [4.78, 5) is 12.8. The molecule has 0 radical (unpaired) electrons. The van der Waals surface area contributed by atoms with Gasteiger partial charge in [0.05, 0.1) is 0 Å². The highest BCUT2D eigenvalue weighted by atomic mass is 16.4. The van der Waals surface area contributed by atoms with Gasteiger partial charge in [0.1, 0.15) is 0 Å². The minimum Gasteiger partial charge on any atom is -0.478 e. The first-order valence-corrected chi connectivity index (χ1v) is 6.91. The summed E-state index contributed by atoms with van der Waals surface area (Å²) in [5.74, 6) is -0.914. The minimum absolute atomic E-state index is 0.647. The number of carbonyl (C=O) groups is 1. The first kappa shape index (κ1) is 13.7. The fourth-order valence-electron chi connectivity index (χ4n) is 2.67. The van der Waals surface area contributed by atoms with E-state index in [1.165, 1.54) is 43.9 Å². The zero-order chi connectivity index (χ0) is 13.7. The maximum absolute atomic E-state index is 10.5. The number of benzene rings is 1. The molecule has 1 aliphatic rings. The summed E-state index contributed by atoms with van der Waals surface area (Å²) in [5.41, 5.74) is 2.13. The first-order valence-electron chi connectivity index (χ1n) is 6.91. The van der Waals surface area contributed by atoms with E-state index < -0.39 is 5.97 Å². The van der Waals surface area contributed by atoms with Crippen LogP contribution in [0.1, 0.15) is 37.7 Å². The maximum atomic E-state index is 10.5. The quantitative estimate of drug-likeness (QED) is 0.841. The predicted molar refractivity (Wildman–Crippen MR) is 78.4 cm³/mol. The molecular formula is C16H21NO2. The highest BCUT2D eigenvalue weighted by molar-refractivity contribution is 5.85. The van der Waals surface area contributed by atoms with Crippen molar-refractivity contribution in [1.29, 1.82) is 0 Å². The number of hydrogen-bond acceptors (Lipinski definition) is 2. The lowest BCUT2D eigenvalue weighted by molar-refractivity contribution is -0.131. The molecule has 1 N–H and O–H groups in total. The van der Waals surface area contributed by atoms with Crippen LogP contribution in [0.4, 0.5) is 5.69 Å². The summed E-state index contributed by atoms with van der Waals surface area (Å²) in [6.07, 6.45) is 9.35. The Kier molecular flexibility index (Phi) is 4.61. The van der Waals surface area contributed by atoms with Crippen LogP contribution in [0.25, 0.3) is 6.08 Å². The van der Waals surface area contributed by atoms with Gasteiger partial charge in [-0.15, -0.1) is 0 Å². The molecule has 0 bridgehead atoms. The van der Waals surface area contributed by atoms with Crippen LogP contribution in [0.3, 0.4) is 0 Å². The molecule has 1 saturated carbocycles. The van der Waals surface area contributed by atoms with Crippen LogP contribution in [0.5, 0.6) is 0 Å². The van der Waals surface area contributed by atoms with Crippen LogP contribution in [0.15, 0.2) is 30.3 Å². The molecule has 1 fully saturated rings. The molecule has 0 aromatic heterocycles. The van der Waals surface area contributed by atoms with Gasteiger partial charge in [-0.2, -0.15) is 0 Å². The standard InChI is InChI=1S/C16H21NO2/c1-17(14-5-3-2-4-6-14)15-10-7-13(8-11-15)9-12-16(18)19/h7-12,14H,2-6H2,1H3,(H,18,19). The van der Waals surface area contributed by atoms with E-state index in [0.29, 0.717) is 6.04 Å². The van der Waals surface area contributed by atoms with Crippen LogP contribution >= 0.6 is 0 Å². The summed E-state index contributed by atoms with van der Waals surface area (Å²) in [5, 5.41) is 8.59. The van der Waals surface area contributed by atoms with Crippen molar-refractivity contribution in [1.82, 2.24) is 0 Å². The first-order chi connectivity index (χ1) is 9.16. The van der Waals surface area contributed by atoms with Gasteiger partial charge in [-0.25, -0.2) is 4.79 Å². The van der Waals surface area contributed by atoms with Crippen molar-refractivity contribution >= 4 is 17.7 Å². The Balaban J connectivity index is 2.02. The van der Waals surface area contributed by atoms with E-state index >= 15 is 0 Å². The highest BCUT2D eigenvalue weighted by Crippen LogP contribution is 2.26. The Bertz CT molecular complexity index is 444. The zero-order valence-electron chi connectivity index (χ0n) is 11.4. The average Bonchev–Trinajstić information content (AvgIpc) is 2.46. The lowest BCUT2D eigenvalue weighted by atomic mass is 9.94. The van der Waals surface area contributed by atoms with E-state index in [9.17, 15) is 4.79 Å². The summed E-state index contributed by atoms with van der Waals surface area (Å²) in [7, 11) is 2.15. The van der Waals surface area contributed by atoms with Crippen LogP contribution in [0, 0.1) is 0 Å². The normalized spacial score (nSPS) is 16.7. The van der Waals surface area contributed by atoms with Crippen molar-refractivity contribution in [2.24, 2.45) is 0 Å². The Hall–Kier alpha value is -1.77. The highest BCUT2D eigenvalue weighted by Gasteiger charge is 2.17. The van der Waals surface area contributed by atoms with E-state index in [2.05, 4.69) is 24.1 Å². The molecule has 3 nitrogen and oxygen atoms in total. The molecule has 0 heterocycles. The molecule has 3 heteroatoms. The molecule has 1 aromatic rings. The van der Waals surface area contributed by atoms with Gasteiger partial charge in [0.25, 0.3) is 0 Å². The van der Waals surface area contributed by atoms with Gasteiger partial charge < -0.3 is 10.0 Å². The third-order valence-electron chi connectivity index (χ3n) is 3.84. The van der Waals surface area contributed by atoms with E-state index in [1.54, 1.807) is 6.08 Å². The average molecular weight is 259 g/mol. The van der Waals surface area contributed by atoms with Crippen molar-refractivity contribution in [2.75, 3.05) is 11.9 Å². The molecular weight excluding hydrogens is 238 g/mol. The third kappa shape index (κ3) is 3.85. The van der Waals surface area contributed by atoms with E-state index in [0.717, 1.165) is 5.56 Å². The lowest BCUT2D eigenvalue weighted by Gasteiger charge is -2.33. The number of nitrogens with zero attached hydrogens (tertiary/aromatic N) is 1. The van der Waals surface area contributed by atoms with Gasteiger partial charge >= 0.3 is 5.97 Å².